The van der Waals surface area contributed by atoms with Crippen molar-refractivity contribution in [2.24, 2.45) is 0 Å². The van der Waals surface area contributed by atoms with E-state index < -0.39 is 22.0 Å². The Labute approximate surface area is 155 Å². The first-order valence-electron chi connectivity index (χ1n) is 4.56. The molecule has 20 heavy (non-hydrogen) atoms. The number of nitro groups is 1. The van der Waals surface area contributed by atoms with Crippen LogP contribution in [0.4, 0.5) is 15.9 Å². The molecule has 1 aromatic heterocycles. The fourth-order valence-electron chi connectivity index (χ4n) is 1.37. The van der Waals surface area contributed by atoms with Crippen LogP contribution in [-0.2, 0) is 0 Å². The van der Waals surface area contributed by atoms with Crippen molar-refractivity contribution < 1.29 is 68.4 Å². The summed E-state index contributed by atoms with van der Waals surface area (Å²) in [7, 11) is 0. The van der Waals surface area contributed by atoms with Crippen LogP contribution in [0.1, 0.15) is 0 Å². The average molecular weight is 295 g/mol. The summed E-state index contributed by atoms with van der Waals surface area (Å²) >= 11 is 0. The van der Waals surface area contributed by atoms with Crippen LogP contribution in [-0.4, -0.2) is 14.9 Å². The molecule has 0 bridgehead atoms. The van der Waals surface area contributed by atoms with Crippen molar-refractivity contribution in [3.8, 4) is 6.19 Å². The first-order valence-corrected chi connectivity index (χ1v) is 4.56. The molecule has 0 radical (unpaired) electrons. The minimum atomic E-state index is -1.07. The van der Waals surface area contributed by atoms with Crippen molar-refractivity contribution in [1.29, 1.82) is 5.26 Å². The maximum atomic E-state index is 13.3. The van der Waals surface area contributed by atoms with Crippen molar-refractivity contribution in [2.45, 2.75) is 0 Å². The second kappa shape index (κ2) is 7.68. The molecule has 8 nitrogen and oxygen atoms in total. The van der Waals surface area contributed by atoms with Gasteiger partial charge in [0.2, 0.25) is 11.6 Å². The molecule has 0 aliphatic carbocycles. The van der Waals surface area contributed by atoms with Gasteiger partial charge in [-0.15, -0.1) is 0 Å². The van der Waals surface area contributed by atoms with Crippen molar-refractivity contribution >= 4 is 22.5 Å². The molecule has 0 saturated carbocycles. The number of H-pyrrole nitrogens is 1. The number of aromatic amines is 1. The Morgan fingerprint density at radius 3 is 2.65 bits per heavy atom. The maximum absolute atomic E-state index is 13.3. The normalized spacial score (nSPS) is 9.00. The summed E-state index contributed by atoms with van der Waals surface area (Å²) in [5.41, 5.74) is -1.49. The Balaban J connectivity index is 0.00000180. The Hall–Kier alpha value is -1.02. The van der Waals surface area contributed by atoms with Gasteiger partial charge in [-0.25, -0.2) is 4.98 Å². The van der Waals surface area contributed by atoms with Crippen LogP contribution >= 0.6 is 0 Å². The Morgan fingerprint density at radius 2 is 2.10 bits per heavy atom. The van der Waals surface area contributed by atoms with Crippen LogP contribution in [0.15, 0.2) is 16.9 Å². The van der Waals surface area contributed by atoms with E-state index in [4.69, 9.17) is 5.26 Å². The average Bonchev–Trinajstić information content (AvgIpc) is 2.30. The van der Waals surface area contributed by atoms with E-state index in [1.165, 1.54) is 6.19 Å². The molecule has 0 aliphatic heterocycles. The molecule has 0 fully saturated rings. The van der Waals surface area contributed by atoms with Gasteiger partial charge in [0.05, 0.1) is 16.0 Å². The van der Waals surface area contributed by atoms with Crippen molar-refractivity contribution in [2.75, 3.05) is 5.32 Å². The monoisotopic (exact) mass is 295 g/mol. The molecule has 1 aromatic carbocycles. The molecular formula is C9H4FN5Na2O3+2. The summed E-state index contributed by atoms with van der Waals surface area (Å²) in [6, 6.07) is 1.68. The third-order valence-corrected chi connectivity index (χ3v) is 2.13. The zero-order valence-electron chi connectivity index (χ0n) is 10.6. The zero-order chi connectivity index (χ0) is 13.3. The van der Waals surface area contributed by atoms with Crippen LogP contribution in [0.5, 0.6) is 0 Å². The second-order valence-corrected chi connectivity index (χ2v) is 3.23. The number of hydrogen-bond donors (Lipinski definition) is 2. The van der Waals surface area contributed by atoms with Gasteiger partial charge in [0.1, 0.15) is 0 Å². The van der Waals surface area contributed by atoms with Gasteiger partial charge in [-0.05, 0) is 0 Å². The van der Waals surface area contributed by atoms with Crippen LogP contribution in [0.2, 0.25) is 0 Å². The Morgan fingerprint density at radius 1 is 1.45 bits per heavy atom. The van der Waals surface area contributed by atoms with Gasteiger partial charge in [0.15, 0.2) is 6.19 Å². The third kappa shape index (κ3) is 3.76. The zero-order valence-corrected chi connectivity index (χ0v) is 14.6. The van der Waals surface area contributed by atoms with Crippen molar-refractivity contribution in [3.63, 3.8) is 0 Å². The van der Waals surface area contributed by atoms with E-state index in [9.17, 15) is 19.3 Å². The number of halogens is 1. The molecular weight excluding hydrogens is 291 g/mol. The van der Waals surface area contributed by atoms with Gasteiger partial charge >= 0.3 is 64.8 Å². The van der Waals surface area contributed by atoms with Gasteiger partial charge in [0, 0.05) is 12.1 Å². The van der Waals surface area contributed by atoms with Gasteiger partial charge in [0.25, 0.3) is 5.56 Å². The van der Waals surface area contributed by atoms with Gasteiger partial charge < -0.3 is 4.98 Å². The third-order valence-electron chi connectivity index (χ3n) is 2.13. The summed E-state index contributed by atoms with van der Waals surface area (Å²) in [5, 5.41) is 20.9. The molecule has 0 amide bonds. The number of hydrogen-bond acceptors (Lipinski definition) is 6. The molecule has 11 heteroatoms. The molecule has 0 unspecified atom stereocenters. The fourth-order valence-corrected chi connectivity index (χ4v) is 1.37. The molecule has 2 N–H and O–H groups in total. The first kappa shape index (κ1) is 19.0. The SMILES string of the molecule is N#CNc1nc2cc(F)c([N+](=O)[O-])cc2[nH]c1=O.[Na+].[Na+]. The van der Waals surface area contributed by atoms with Gasteiger partial charge in [-0.1, -0.05) is 0 Å². The smallest absolute Gasteiger partial charge is 0.317 e. The standard InChI is InChI=1S/C9H4FN5O3.2Na/c10-4-1-5-6(2-7(4)15(17)18)14-9(16)8(13-5)12-3-11;;/h1-2H,(H,12,13)(H,14,16);;/q;2*+1. The van der Waals surface area contributed by atoms with Crippen LogP contribution < -0.4 is 70.0 Å². The molecule has 90 valence electrons. The predicted octanol–water partition coefficient (Wildman–Crippen LogP) is -5.13. The van der Waals surface area contributed by atoms with Crippen LogP contribution in [0.25, 0.3) is 11.0 Å². The van der Waals surface area contributed by atoms with E-state index in [1.807, 2.05) is 5.32 Å². The van der Waals surface area contributed by atoms with Gasteiger partial charge in [-0.2, -0.15) is 9.65 Å². The number of benzene rings is 1. The van der Waals surface area contributed by atoms with E-state index in [0.29, 0.717) is 0 Å². The predicted molar refractivity (Wildman–Crippen MR) is 58.2 cm³/mol. The number of aromatic nitrogens is 2. The molecule has 0 aliphatic rings. The van der Waals surface area contributed by atoms with Gasteiger partial charge in [-0.3, -0.25) is 20.2 Å². The maximum Gasteiger partial charge on any atom is 1.00 e. The first-order chi connectivity index (χ1) is 8.52. The summed E-state index contributed by atoms with van der Waals surface area (Å²) in [6.45, 7) is 0. The second-order valence-electron chi connectivity index (χ2n) is 3.23. The Kier molecular flexibility index (Phi) is 7.29. The molecule has 0 saturated heterocycles. The number of fused-ring (bicyclic) bond motifs is 1. The van der Waals surface area contributed by atoms with Crippen LogP contribution in [0, 0.1) is 27.4 Å². The Bertz CT molecular complexity index is 758. The minimum Gasteiger partial charge on any atom is -0.317 e. The summed E-state index contributed by atoms with van der Waals surface area (Å²) < 4.78 is 13.3. The van der Waals surface area contributed by atoms with Crippen molar-refractivity contribution in [1.82, 2.24) is 9.97 Å². The van der Waals surface area contributed by atoms with E-state index in [-0.39, 0.29) is 76.0 Å². The number of nitrogens with one attached hydrogen (secondary N) is 2. The molecule has 0 atom stereocenters. The number of anilines is 1. The number of nitrogens with zero attached hydrogens (tertiary/aromatic N) is 3. The number of nitro benzene ring substituents is 1. The number of rotatable bonds is 2. The van der Waals surface area contributed by atoms with Crippen LogP contribution in [0.3, 0.4) is 0 Å². The summed E-state index contributed by atoms with van der Waals surface area (Å²) in [6.07, 6.45) is 1.50. The largest absolute Gasteiger partial charge is 1.00 e. The quantitative estimate of drug-likeness (QED) is 0.188. The number of nitriles is 1. The van der Waals surface area contributed by atoms with E-state index in [0.717, 1.165) is 12.1 Å². The molecule has 2 aromatic rings. The summed E-state index contributed by atoms with van der Waals surface area (Å²) in [5.74, 6) is -1.38. The van der Waals surface area contributed by atoms with E-state index >= 15 is 0 Å². The molecule has 0 spiro atoms. The van der Waals surface area contributed by atoms with E-state index in [2.05, 4.69) is 9.97 Å². The van der Waals surface area contributed by atoms with Crippen molar-refractivity contribution in [3.05, 3.63) is 38.4 Å². The molecule has 2 rings (SSSR count). The van der Waals surface area contributed by atoms with E-state index in [1.54, 1.807) is 0 Å². The minimum absolute atomic E-state index is 0. The topological polar surface area (TPSA) is 125 Å². The fraction of sp³-hybridized carbons (Fsp3) is 0. The molecule has 1 heterocycles. The summed E-state index contributed by atoms with van der Waals surface area (Å²) in [4.78, 5) is 27.0.